The predicted molar refractivity (Wildman–Crippen MR) is 39.4 cm³/mol. The Morgan fingerprint density at radius 3 is 1.58 bits per heavy atom. The topological polar surface area (TPSA) is 78.0 Å². The molecule has 0 amide bonds. The second kappa shape index (κ2) is 4.15. The minimum atomic E-state index is -1.75. The number of rotatable bonds is 0. The van der Waals surface area contributed by atoms with Crippen molar-refractivity contribution in [2.45, 2.75) is 19.0 Å². The standard InChI is InChI=1S/C3H6O.C2H4O3.C2H4O/c1-3-2-4-3;3-2(4)1-5-2;1-2-3-1/h3H,2H2,1H3;3-4H,1H2;1-2H2. The molecule has 0 aromatic carbocycles. The number of ether oxygens (including phenoxy) is 3. The molecule has 0 spiro atoms. The third kappa shape index (κ3) is 9.80. The molecule has 0 bridgehead atoms. The zero-order chi connectivity index (χ0) is 9.03. The second-order valence-electron chi connectivity index (χ2n) is 2.79. The summed E-state index contributed by atoms with van der Waals surface area (Å²) in [5, 5.41) is 15.9. The van der Waals surface area contributed by atoms with Gasteiger partial charge < -0.3 is 24.4 Å². The van der Waals surface area contributed by atoms with Crippen LogP contribution in [0.5, 0.6) is 0 Å². The molecule has 1 atom stereocenters. The first-order valence-electron chi connectivity index (χ1n) is 3.88. The van der Waals surface area contributed by atoms with E-state index in [0.29, 0.717) is 6.10 Å². The quantitative estimate of drug-likeness (QED) is 0.370. The summed E-state index contributed by atoms with van der Waals surface area (Å²) in [4.78, 5) is 0. The maximum atomic E-state index is 7.97. The predicted octanol–water partition coefficient (Wildman–Crippen LogP) is -0.923. The van der Waals surface area contributed by atoms with Crippen LogP contribution in [0.25, 0.3) is 0 Å². The van der Waals surface area contributed by atoms with Gasteiger partial charge >= 0.3 is 5.97 Å². The lowest BCUT2D eigenvalue weighted by atomic mass is 10.6. The molecule has 12 heavy (non-hydrogen) atoms. The highest BCUT2D eigenvalue weighted by Gasteiger charge is 2.39. The van der Waals surface area contributed by atoms with Crippen LogP contribution in [0.4, 0.5) is 0 Å². The summed E-state index contributed by atoms with van der Waals surface area (Å²) in [6.07, 6.45) is 0.583. The average molecular weight is 178 g/mol. The molecule has 3 saturated heterocycles. The third-order valence-corrected chi connectivity index (χ3v) is 1.11. The van der Waals surface area contributed by atoms with Crippen LogP contribution >= 0.6 is 0 Å². The number of epoxide rings is 3. The molecule has 3 heterocycles. The maximum Gasteiger partial charge on any atom is 0.303 e. The minimum absolute atomic E-state index is 0.0625. The SMILES string of the molecule is C1CO1.CC1CO1.OC1(O)CO1. The van der Waals surface area contributed by atoms with Crippen molar-refractivity contribution in [3.63, 3.8) is 0 Å². The number of aliphatic hydroxyl groups is 2. The van der Waals surface area contributed by atoms with Gasteiger partial charge in [0.05, 0.1) is 25.9 Å². The lowest BCUT2D eigenvalue weighted by Crippen LogP contribution is -2.04. The third-order valence-electron chi connectivity index (χ3n) is 1.11. The van der Waals surface area contributed by atoms with Crippen molar-refractivity contribution in [3.05, 3.63) is 0 Å². The molecule has 3 aliphatic heterocycles. The fourth-order valence-electron chi connectivity index (χ4n) is 0.161. The Morgan fingerprint density at radius 2 is 1.58 bits per heavy atom. The summed E-state index contributed by atoms with van der Waals surface area (Å²) in [7, 11) is 0. The Hall–Kier alpha value is -0.200. The van der Waals surface area contributed by atoms with Crippen molar-refractivity contribution in [3.8, 4) is 0 Å². The van der Waals surface area contributed by atoms with Gasteiger partial charge in [-0.3, -0.25) is 0 Å². The van der Waals surface area contributed by atoms with E-state index in [4.69, 9.17) is 14.9 Å². The largest absolute Gasteiger partial charge is 0.377 e. The van der Waals surface area contributed by atoms with Gasteiger partial charge in [0.2, 0.25) is 0 Å². The van der Waals surface area contributed by atoms with E-state index in [0.717, 1.165) is 19.8 Å². The number of hydrogen-bond acceptors (Lipinski definition) is 5. The van der Waals surface area contributed by atoms with Crippen molar-refractivity contribution in [1.29, 1.82) is 0 Å². The molecule has 3 aliphatic rings. The van der Waals surface area contributed by atoms with Crippen molar-refractivity contribution in [2.24, 2.45) is 0 Å². The second-order valence-corrected chi connectivity index (χ2v) is 2.79. The summed E-state index contributed by atoms with van der Waals surface area (Å²) in [6.45, 7) is 5.10. The molecule has 0 aromatic rings. The zero-order valence-corrected chi connectivity index (χ0v) is 7.02. The van der Waals surface area contributed by atoms with E-state index < -0.39 is 5.97 Å². The summed E-state index contributed by atoms with van der Waals surface area (Å²) in [5.41, 5.74) is 0. The van der Waals surface area contributed by atoms with Crippen LogP contribution < -0.4 is 0 Å². The van der Waals surface area contributed by atoms with E-state index in [1.54, 1.807) is 0 Å². The van der Waals surface area contributed by atoms with Gasteiger partial charge in [0.1, 0.15) is 6.61 Å². The summed E-state index contributed by atoms with van der Waals surface area (Å²) in [5.74, 6) is -1.75. The van der Waals surface area contributed by atoms with Gasteiger partial charge in [-0.15, -0.1) is 0 Å². The summed E-state index contributed by atoms with van der Waals surface area (Å²) < 4.78 is 13.2. The molecule has 0 radical (unpaired) electrons. The van der Waals surface area contributed by atoms with E-state index in [1.165, 1.54) is 0 Å². The molecule has 1 unspecified atom stereocenters. The molecular weight excluding hydrogens is 164 g/mol. The average Bonchev–Trinajstić information content (AvgIpc) is 2.71. The normalized spacial score (nSPS) is 31.8. The summed E-state index contributed by atoms with van der Waals surface area (Å²) >= 11 is 0. The first kappa shape index (κ1) is 9.88. The van der Waals surface area contributed by atoms with Crippen LogP contribution in [-0.4, -0.2) is 48.7 Å². The fourth-order valence-corrected chi connectivity index (χ4v) is 0.161. The van der Waals surface area contributed by atoms with Gasteiger partial charge in [0.15, 0.2) is 0 Å². The van der Waals surface area contributed by atoms with Gasteiger partial charge in [-0.1, -0.05) is 0 Å². The van der Waals surface area contributed by atoms with Crippen LogP contribution in [0.1, 0.15) is 6.92 Å². The molecule has 0 saturated carbocycles. The molecule has 3 fully saturated rings. The molecule has 0 aromatic heterocycles. The Labute approximate surface area is 70.9 Å². The van der Waals surface area contributed by atoms with Gasteiger partial charge in [-0.25, -0.2) is 0 Å². The van der Waals surface area contributed by atoms with Crippen LogP contribution in [0.3, 0.4) is 0 Å². The Balaban J connectivity index is 0.0000000929. The smallest absolute Gasteiger partial charge is 0.303 e. The Kier molecular flexibility index (Phi) is 3.42. The highest BCUT2D eigenvalue weighted by atomic mass is 16.8. The Morgan fingerprint density at radius 1 is 1.33 bits per heavy atom. The molecular formula is C7H14O5. The van der Waals surface area contributed by atoms with Crippen LogP contribution in [0.2, 0.25) is 0 Å². The molecule has 5 heteroatoms. The van der Waals surface area contributed by atoms with E-state index in [2.05, 4.69) is 16.4 Å². The zero-order valence-electron chi connectivity index (χ0n) is 7.02. The van der Waals surface area contributed by atoms with Gasteiger partial charge in [0.25, 0.3) is 0 Å². The molecule has 72 valence electrons. The van der Waals surface area contributed by atoms with Gasteiger partial charge in [-0.05, 0) is 6.92 Å². The van der Waals surface area contributed by atoms with Crippen LogP contribution in [-0.2, 0) is 14.2 Å². The first-order chi connectivity index (χ1) is 5.60. The van der Waals surface area contributed by atoms with E-state index in [1.807, 2.05) is 0 Å². The van der Waals surface area contributed by atoms with Gasteiger partial charge in [-0.2, -0.15) is 0 Å². The molecule has 3 rings (SSSR count). The lowest BCUT2D eigenvalue weighted by Gasteiger charge is -1.81. The van der Waals surface area contributed by atoms with Crippen LogP contribution in [0, 0.1) is 0 Å². The van der Waals surface area contributed by atoms with Gasteiger partial charge in [0, 0.05) is 0 Å². The molecule has 0 aliphatic carbocycles. The molecule has 2 N–H and O–H groups in total. The molecule has 5 nitrogen and oxygen atoms in total. The number of hydrogen-bond donors (Lipinski definition) is 2. The maximum absolute atomic E-state index is 7.97. The van der Waals surface area contributed by atoms with Crippen molar-refractivity contribution in [2.75, 3.05) is 26.4 Å². The first-order valence-corrected chi connectivity index (χ1v) is 3.88. The summed E-state index contributed by atoms with van der Waals surface area (Å²) in [6, 6.07) is 0. The van der Waals surface area contributed by atoms with Crippen molar-refractivity contribution >= 4 is 0 Å². The van der Waals surface area contributed by atoms with Crippen molar-refractivity contribution < 1.29 is 24.4 Å². The monoisotopic (exact) mass is 178 g/mol. The minimum Gasteiger partial charge on any atom is -0.377 e. The lowest BCUT2D eigenvalue weighted by molar-refractivity contribution is -0.148. The highest BCUT2D eigenvalue weighted by Crippen LogP contribution is 2.16. The van der Waals surface area contributed by atoms with Crippen LogP contribution in [0.15, 0.2) is 0 Å². The Bertz CT molecular complexity index is 121. The highest BCUT2D eigenvalue weighted by molar-refractivity contribution is 4.60. The van der Waals surface area contributed by atoms with E-state index in [9.17, 15) is 0 Å². The fraction of sp³-hybridized carbons (Fsp3) is 1.00. The van der Waals surface area contributed by atoms with E-state index >= 15 is 0 Å². The van der Waals surface area contributed by atoms with E-state index in [-0.39, 0.29) is 6.61 Å². The van der Waals surface area contributed by atoms with Crippen molar-refractivity contribution in [1.82, 2.24) is 0 Å².